The lowest BCUT2D eigenvalue weighted by Crippen LogP contribution is -2.13. The summed E-state index contributed by atoms with van der Waals surface area (Å²) in [5, 5.41) is 18.0. The second-order valence-electron chi connectivity index (χ2n) is 4.41. The van der Waals surface area contributed by atoms with Gasteiger partial charge in [0.2, 0.25) is 0 Å². The van der Waals surface area contributed by atoms with E-state index in [2.05, 4.69) is 0 Å². The first-order valence-corrected chi connectivity index (χ1v) is 5.97. The molecule has 1 N–H and O–H groups in total. The van der Waals surface area contributed by atoms with E-state index in [9.17, 15) is 18.3 Å². The number of phenols is 1. The summed E-state index contributed by atoms with van der Waals surface area (Å²) in [7, 11) is 1.61. The summed E-state index contributed by atoms with van der Waals surface area (Å²) < 4.78 is 38.8. The molecule has 0 spiro atoms. The van der Waals surface area contributed by atoms with Crippen molar-refractivity contribution in [3.63, 3.8) is 0 Å². The van der Waals surface area contributed by atoms with Gasteiger partial charge in [-0.1, -0.05) is 0 Å². The average molecular weight is 292 g/mol. The first kappa shape index (κ1) is 14.7. The van der Waals surface area contributed by atoms with Crippen molar-refractivity contribution in [1.82, 2.24) is 0 Å². The molecule has 2 aromatic rings. The first-order chi connectivity index (χ1) is 9.82. The van der Waals surface area contributed by atoms with Gasteiger partial charge in [-0.2, -0.15) is 18.4 Å². The van der Waals surface area contributed by atoms with Crippen LogP contribution in [0, 0.1) is 11.3 Å². The molecular weight excluding hydrogens is 281 g/mol. The maximum atomic E-state index is 12.9. The van der Waals surface area contributed by atoms with Crippen molar-refractivity contribution in [2.24, 2.45) is 0 Å². The molecule has 108 valence electrons. The number of alkyl halides is 3. The predicted molar refractivity (Wildman–Crippen MR) is 72.3 cm³/mol. The zero-order valence-corrected chi connectivity index (χ0v) is 11.0. The van der Waals surface area contributed by atoms with E-state index >= 15 is 0 Å². The summed E-state index contributed by atoms with van der Waals surface area (Å²) in [5.74, 6) is 0.0722. The van der Waals surface area contributed by atoms with E-state index in [0.717, 1.165) is 12.1 Å². The molecule has 0 unspecified atom stereocenters. The van der Waals surface area contributed by atoms with Crippen LogP contribution in [-0.4, -0.2) is 12.2 Å². The minimum atomic E-state index is -4.59. The topological polar surface area (TPSA) is 47.3 Å². The molecule has 0 aliphatic heterocycles. The fourth-order valence-corrected chi connectivity index (χ4v) is 1.90. The molecule has 0 heterocycles. The quantitative estimate of drug-likeness (QED) is 0.908. The fourth-order valence-electron chi connectivity index (χ4n) is 1.90. The van der Waals surface area contributed by atoms with Crippen LogP contribution in [0.15, 0.2) is 42.5 Å². The van der Waals surface area contributed by atoms with Crippen LogP contribution in [0.3, 0.4) is 0 Å². The summed E-state index contributed by atoms with van der Waals surface area (Å²) in [6, 6.07) is 11.1. The Balaban J connectivity index is 2.45. The van der Waals surface area contributed by atoms with Gasteiger partial charge in [0.1, 0.15) is 5.75 Å². The Labute approximate surface area is 119 Å². The van der Waals surface area contributed by atoms with E-state index in [1.54, 1.807) is 25.2 Å². The monoisotopic (exact) mass is 292 g/mol. The number of nitriles is 1. The van der Waals surface area contributed by atoms with Crippen LogP contribution in [0.4, 0.5) is 24.5 Å². The predicted octanol–water partition coefficient (Wildman–Crippen LogP) is 4.05. The molecule has 0 aliphatic carbocycles. The lowest BCUT2D eigenvalue weighted by Gasteiger charge is -2.21. The maximum absolute atomic E-state index is 12.9. The SMILES string of the molecule is CN(c1ccc(O)cc1)c1ccc(C#N)c(C(F)(F)F)c1. The Morgan fingerprint density at radius 1 is 1.05 bits per heavy atom. The van der Waals surface area contributed by atoms with Crippen LogP contribution in [0.2, 0.25) is 0 Å². The highest BCUT2D eigenvalue weighted by atomic mass is 19.4. The van der Waals surface area contributed by atoms with Gasteiger partial charge in [0, 0.05) is 18.4 Å². The van der Waals surface area contributed by atoms with Crippen LogP contribution in [-0.2, 0) is 6.18 Å². The Morgan fingerprint density at radius 2 is 1.62 bits per heavy atom. The molecule has 0 fully saturated rings. The third-order valence-corrected chi connectivity index (χ3v) is 3.05. The molecule has 0 amide bonds. The molecule has 0 aromatic heterocycles. The number of nitrogens with zero attached hydrogens (tertiary/aromatic N) is 2. The maximum Gasteiger partial charge on any atom is 0.417 e. The summed E-state index contributed by atoms with van der Waals surface area (Å²) in [6.07, 6.45) is -4.59. The van der Waals surface area contributed by atoms with Gasteiger partial charge < -0.3 is 10.0 Å². The van der Waals surface area contributed by atoms with Crippen molar-refractivity contribution in [2.45, 2.75) is 6.18 Å². The summed E-state index contributed by atoms with van der Waals surface area (Å²) in [6.45, 7) is 0. The minimum absolute atomic E-state index is 0.0722. The largest absolute Gasteiger partial charge is 0.508 e. The summed E-state index contributed by atoms with van der Waals surface area (Å²) >= 11 is 0. The van der Waals surface area contributed by atoms with E-state index in [0.29, 0.717) is 11.4 Å². The second kappa shape index (κ2) is 5.37. The van der Waals surface area contributed by atoms with Crippen molar-refractivity contribution in [2.75, 3.05) is 11.9 Å². The van der Waals surface area contributed by atoms with Crippen molar-refractivity contribution in [1.29, 1.82) is 5.26 Å². The number of anilines is 2. The van der Waals surface area contributed by atoms with E-state index in [4.69, 9.17) is 5.26 Å². The molecule has 2 rings (SSSR count). The molecule has 6 heteroatoms. The van der Waals surface area contributed by atoms with Gasteiger partial charge >= 0.3 is 6.18 Å². The molecule has 2 aromatic carbocycles. The van der Waals surface area contributed by atoms with Crippen molar-refractivity contribution < 1.29 is 18.3 Å². The lowest BCUT2D eigenvalue weighted by atomic mass is 10.1. The van der Waals surface area contributed by atoms with Gasteiger partial charge in [-0.15, -0.1) is 0 Å². The highest BCUT2D eigenvalue weighted by Gasteiger charge is 2.34. The average Bonchev–Trinajstić information content (AvgIpc) is 2.45. The zero-order valence-electron chi connectivity index (χ0n) is 11.0. The summed E-state index contributed by atoms with van der Waals surface area (Å²) in [5.41, 5.74) is -0.462. The molecule has 0 atom stereocenters. The Morgan fingerprint density at radius 3 is 2.14 bits per heavy atom. The second-order valence-corrected chi connectivity index (χ2v) is 4.41. The number of benzene rings is 2. The number of rotatable bonds is 2. The van der Waals surface area contributed by atoms with Crippen molar-refractivity contribution in [3.8, 4) is 11.8 Å². The van der Waals surface area contributed by atoms with Crippen molar-refractivity contribution >= 4 is 11.4 Å². The van der Waals surface area contributed by atoms with Crippen LogP contribution in [0.1, 0.15) is 11.1 Å². The highest BCUT2D eigenvalue weighted by molar-refractivity contribution is 5.65. The van der Waals surface area contributed by atoms with Gasteiger partial charge in [0.25, 0.3) is 0 Å². The Bertz CT molecular complexity index is 688. The smallest absolute Gasteiger partial charge is 0.417 e. The van der Waals surface area contributed by atoms with Crippen LogP contribution < -0.4 is 4.90 Å². The van der Waals surface area contributed by atoms with Crippen LogP contribution >= 0.6 is 0 Å². The van der Waals surface area contributed by atoms with E-state index in [-0.39, 0.29) is 5.75 Å². The number of hydrogen-bond acceptors (Lipinski definition) is 3. The molecule has 21 heavy (non-hydrogen) atoms. The number of halogens is 3. The molecule has 0 radical (unpaired) electrons. The number of aromatic hydroxyl groups is 1. The van der Waals surface area contributed by atoms with E-state index in [1.165, 1.54) is 23.1 Å². The Hall–Kier alpha value is -2.68. The standard InChI is InChI=1S/C15H11F3N2O/c1-20(11-4-6-13(21)7-5-11)12-3-2-10(9-19)14(8-12)15(16,17)18/h2-8,21H,1H3. The molecular formula is C15H11F3N2O. The minimum Gasteiger partial charge on any atom is -0.508 e. The van der Waals surface area contributed by atoms with Gasteiger partial charge in [0.05, 0.1) is 17.2 Å². The van der Waals surface area contributed by atoms with Gasteiger partial charge in [-0.05, 0) is 42.5 Å². The number of phenolic OH excluding ortho intramolecular Hbond substituents is 1. The zero-order chi connectivity index (χ0) is 15.6. The van der Waals surface area contributed by atoms with E-state index in [1.807, 2.05) is 0 Å². The van der Waals surface area contributed by atoms with Crippen molar-refractivity contribution in [3.05, 3.63) is 53.6 Å². The van der Waals surface area contributed by atoms with Crippen LogP contribution in [0.5, 0.6) is 5.75 Å². The lowest BCUT2D eigenvalue weighted by molar-refractivity contribution is -0.137. The molecule has 0 bridgehead atoms. The molecule has 0 saturated heterocycles. The van der Waals surface area contributed by atoms with Gasteiger partial charge in [-0.25, -0.2) is 0 Å². The summed E-state index contributed by atoms with van der Waals surface area (Å²) in [4.78, 5) is 1.54. The van der Waals surface area contributed by atoms with Gasteiger partial charge in [0.15, 0.2) is 0 Å². The molecule has 0 saturated carbocycles. The molecule has 3 nitrogen and oxygen atoms in total. The third-order valence-electron chi connectivity index (χ3n) is 3.05. The number of hydrogen-bond donors (Lipinski definition) is 1. The Kier molecular flexibility index (Phi) is 3.76. The highest BCUT2D eigenvalue weighted by Crippen LogP contribution is 2.35. The van der Waals surface area contributed by atoms with E-state index < -0.39 is 17.3 Å². The first-order valence-electron chi connectivity index (χ1n) is 5.97. The van der Waals surface area contributed by atoms with Gasteiger partial charge in [-0.3, -0.25) is 0 Å². The van der Waals surface area contributed by atoms with Crippen LogP contribution in [0.25, 0.3) is 0 Å². The third kappa shape index (κ3) is 3.08. The fraction of sp³-hybridized carbons (Fsp3) is 0.133. The normalized spacial score (nSPS) is 11.0. The molecule has 0 aliphatic rings.